The van der Waals surface area contributed by atoms with Gasteiger partial charge >= 0.3 is 0 Å². The van der Waals surface area contributed by atoms with Crippen LogP contribution in [0.4, 0.5) is 4.39 Å². The van der Waals surface area contributed by atoms with E-state index < -0.39 is 0 Å². The van der Waals surface area contributed by atoms with Gasteiger partial charge in [-0.1, -0.05) is 24.6 Å². The van der Waals surface area contributed by atoms with E-state index in [1.165, 1.54) is 12.1 Å². The van der Waals surface area contributed by atoms with Crippen molar-refractivity contribution in [3.05, 3.63) is 34.6 Å². The monoisotopic (exact) mass is 320 g/mol. The van der Waals surface area contributed by atoms with Crippen LogP contribution in [0.2, 0.25) is 5.02 Å². The van der Waals surface area contributed by atoms with Gasteiger partial charge in [0.15, 0.2) is 0 Å². The third kappa shape index (κ3) is 3.84. The molecule has 112 valence electrons. The topological polar surface area (TPSA) is 41.1 Å². The van der Waals surface area contributed by atoms with E-state index in [0.29, 0.717) is 10.9 Å². The van der Waals surface area contributed by atoms with Crippen molar-refractivity contribution in [3.8, 4) is 0 Å². The molecule has 2 atom stereocenters. The van der Waals surface area contributed by atoms with Gasteiger partial charge in [-0.25, -0.2) is 4.39 Å². The summed E-state index contributed by atoms with van der Waals surface area (Å²) < 4.78 is 13.0. The predicted molar refractivity (Wildman–Crippen MR) is 80.7 cm³/mol. The summed E-state index contributed by atoms with van der Waals surface area (Å²) >= 11 is 5.99. The fourth-order valence-corrected chi connectivity index (χ4v) is 2.48. The first kappa shape index (κ1) is 17.2. The SMILES string of the molecule is CC(NC(=O)C(C)C1CNC1)c1ccc(F)cc1Cl.Cl. The Kier molecular flexibility index (Phi) is 6.24. The van der Waals surface area contributed by atoms with E-state index in [4.69, 9.17) is 11.6 Å². The van der Waals surface area contributed by atoms with E-state index in [1.54, 1.807) is 6.07 Å². The van der Waals surface area contributed by atoms with Crippen LogP contribution in [0.15, 0.2) is 18.2 Å². The maximum Gasteiger partial charge on any atom is 0.223 e. The minimum atomic E-state index is -0.374. The number of rotatable bonds is 4. The third-order valence-corrected chi connectivity index (χ3v) is 4.05. The number of carbonyl (C=O) groups excluding carboxylic acids is 1. The van der Waals surface area contributed by atoms with Crippen molar-refractivity contribution in [1.82, 2.24) is 10.6 Å². The molecule has 1 fully saturated rings. The van der Waals surface area contributed by atoms with Crippen LogP contribution in [-0.2, 0) is 4.79 Å². The molecule has 3 nitrogen and oxygen atoms in total. The largest absolute Gasteiger partial charge is 0.349 e. The van der Waals surface area contributed by atoms with Gasteiger partial charge in [-0.05, 0) is 43.6 Å². The molecule has 6 heteroatoms. The highest BCUT2D eigenvalue weighted by atomic mass is 35.5. The molecule has 1 amide bonds. The van der Waals surface area contributed by atoms with Crippen molar-refractivity contribution in [2.45, 2.75) is 19.9 Å². The van der Waals surface area contributed by atoms with Crippen LogP contribution >= 0.6 is 24.0 Å². The van der Waals surface area contributed by atoms with E-state index in [2.05, 4.69) is 10.6 Å². The number of hydrogen-bond donors (Lipinski definition) is 2. The van der Waals surface area contributed by atoms with Crippen molar-refractivity contribution in [2.75, 3.05) is 13.1 Å². The standard InChI is InChI=1S/C14H18ClFN2O.ClH/c1-8(10-6-17-7-10)14(19)18-9(2)12-4-3-11(16)5-13(12)15;/h3-5,8-10,17H,6-7H2,1-2H3,(H,18,19);1H. The maximum atomic E-state index is 13.0. The van der Waals surface area contributed by atoms with Crippen molar-refractivity contribution in [1.29, 1.82) is 0 Å². The Labute approximate surface area is 129 Å². The van der Waals surface area contributed by atoms with Gasteiger partial charge < -0.3 is 10.6 Å². The van der Waals surface area contributed by atoms with Crippen LogP contribution in [0.1, 0.15) is 25.5 Å². The molecule has 0 aliphatic carbocycles. The average molecular weight is 321 g/mol. The van der Waals surface area contributed by atoms with Crippen LogP contribution < -0.4 is 10.6 Å². The smallest absolute Gasteiger partial charge is 0.223 e. The fraction of sp³-hybridized carbons (Fsp3) is 0.500. The van der Waals surface area contributed by atoms with Crippen molar-refractivity contribution >= 4 is 29.9 Å². The molecule has 1 aromatic carbocycles. The summed E-state index contributed by atoms with van der Waals surface area (Å²) in [6.07, 6.45) is 0. The predicted octanol–water partition coefficient (Wildman–Crippen LogP) is 2.93. The van der Waals surface area contributed by atoms with Gasteiger partial charge in [-0.3, -0.25) is 4.79 Å². The molecule has 2 N–H and O–H groups in total. The molecule has 1 aliphatic heterocycles. The molecule has 0 bridgehead atoms. The van der Waals surface area contributed by atoms with E-state index in [0.717, 1.165) is 18.7 Å². The first-order valence-electron chi connectivity index (χ1n) is 6.45. The number of carbonyl (C=O) groups is 1. The molecular formula is C14H19Cl2FN2O. The molecule has 20 heavy (non-hydrogen) atoms. The van der Waals surface area contributed by atoms with Gasteiger partial charge in [-0.15, -0.1) is 12.4 Å². The molecule has 2 rings (SSSR count). The lowest BCUT2D eigenvalue weighted by Crippen LogP contribution is -2.49. The van der Waals surface area contributed by atoms with Crippen LogP contribution in [0.3, 0.4) is 0 Å². The normalized spacial score (nSPS) is 17.6. The molecule has 1 heterocycles. The minimum absolute atomic E-state index is 0. The average Bonchev–Trinajstić information content (AvgIpc) is 2.25. The summed E-state index contributed by atoms with van der Waals surface area (Å²) in [6.45, 7) is 5.56. The Morgan fingerprint density at radius 1 is 1.45 bits per heavy atom. The third-order valence-electron chi connectivity index (χ3n) is 3.72. The minimum Gasteiger partial charge on any atom is -0.349 e. The summed E-state index contributed by atoms with van der Waals surface area (Å²) in [5.74, 6) is 0.0133. The van der Waals surface area contributed by atoms with Gasteiger partial charge in [0.05, 0.1) is 6.04 Å². The summed E-state index contributed by atoms with van der Waals surface area (Å²) in [5.41, 5.74) is 0.732. The van der Waals surface area contributed by atoms with Crippen LogP contribution in [-0.4, -0.2) is 19.0 Å². The Morgan fingerprint density at radius 2 is 2.10 bits per heavy atom. The molecule has 1 saturated heterocycles. The van der Waals surface area contributed by atoms with Gasteiger partial charge in [-0.2, -0.15) is 0 Å². The number of hydrogen-bond acceptors (Lipinski definition) is 2. The van der Waals surface area contributed by atoms with Gasteiger partial charge in [0.1, 0.15) is 5.82 Å². The van der Waals surface area contributed by atoms with E-state index in [9.17, 15) is 9.18 Å². The highest BCUT2D eigenvalue weighted by molar-refractivity contribution is 6.31. The Bertz CT molecular complexity index is 480. The zero-order chi connectivity index (χ0) is 14.0. The number of nitrogens with one attached hydrogen (secondary N) is 2. The van der Waals surface area contributed by atoms with Crippen molar-refractivity contribution < 1.29 is 9.18 Å². The fourth-order valence-electron chi connectivity index (χ4n) is 2.15. The lowest BCUT2D eigenvalue weighted by molar-refractivity contribution is -0.127. The van der Waals surface area contributed by atoms with E-state index in [1.807, 2.05) is 13.8 Å². The Morgan fingerprint density at radius 3 is 2.60 bits per heavy atom. The molecule has 1 aliphatic rings. The van der Waals surface area contributed by atoms with Crippen LogP contribution in [0.25, 0.3) is 0 Å². The van der Waals surface area contributed by atoms with Crippen molar-refractivity contribution in [2.24, 2.45) is 11.8 Å². The number of halogens is 3. The first-order chi connectivity index (χ1) is 8.99. The summed E-state index contributed by atoms with van der Waals surface area (Å²) in [5, 5.41) is 6.42. The van der Waals surface area contributed by atoms with Crippen molar-refractivity contribution in [3.63, 3.8) is 0 Å². The van der Waals surface area contributed by atoms with E-state index >= 15 is 0 Å². The van der Waals surface area contributed by atoms with Gasteiger partial charge in [0.2, 0.25) is 5.91 Å². The molecule has 2 unspecified atom stereocenters. The van der Waals surface area contributed by atoms with Crippen LogP contribution in [0, 0.1) is 17.7 Å². The molecule has 1 aromatic rings. The first-order valence-corrected chi connectivity index (χ1v) is 6.83. The molecule has 0 radical (unpaired) electrons. The lowest BCUT2D eigenvalue weighted by atomic mass is 9.88. The van der Waals surface area contributed by atoms with Gasteiger partial charge in [0, 0.05) is 10.9 Å². The number of benzene rings is 1. The maximum absolute atomic E-state index is 13.0. The lowest BCUT2D eigenvalue weighted by Gasteiger charge is -2.32. The molecular weight excluding hydrogens is 302 g/mol. The Hall–Kier alpha value is -0.840. The summed E-state index contributed by atoms with van der Waals surface area (Å²) in [7, 11) is 0. The number of amides is 1. The summed E-state index contributed by atoms with van der Waals surface area (Å²) in [4.78, 5) is 12.1. The molecule has 0 aromatic heterocycles. The summed E-state index contributed by atoms with van der Waals surface area (Å²) in [6, 6.07) is 4.00. The van der Waals surface area contributed by atoms with Gasteiger partial charge in [0.25, 0.3) is 0 Å². The zero-order valence-electron chi connectivity index (χ0n) is 11.5. The highest BCUT2D eigenvalue weighted by Crippen LogP contribution is 2.24. The van der Waals surface area contributed by atoms with E-state index in [-0.39, 0.29) is 36.1 Å². The second-order valence-corrected chi connectivity index (χ2v) is 5.51. The second-order valence-electron chi connectivity index (χ2n) is 5.10. The second kappa shape index (κ2) is 7.25. The quantitative estimate of drug-likeness (QED) is 0.895. The van der Waals surface area contributed by atoms with Crippen LogP contribution in [0.5, 0.6) is 0 Å². The molecule has 0 spiro atoms. The zero-order valence-corrected chi connectivity index (χ0v) is 13.0. The Balaban J connectivity index is 0.00000200. The molecule has 0 saturated carbocycles. The highest BCUT2D eigenvalue weighted by Gasteiger charge is 2.29.